The summed E-state index contributed by atoms with van der Waals surface area (Å²) in [5, 5.41) is 3.51. The van der Waals surface area contributed by atoms with Gasteiger partial charge in [0.25, 0.3) is 0 Å². The SMILES string of the molecule is CCC1(CNCC(N)CCOC)CCC1. The highest BCUT2D eigenvalue weighted by molar-refractivity contribution is 4.88. The summed E-state index contributed by atoms with van der Waals surface area (Å²) >= 11 is 0. The Kier molecular flexibility index (Phi) is 5.58. The van der Waals surface area contributed by atoms with E-state index in [0.29, 0.717) is 5.41 Å². The molecule has 1 unspecified atom stereocenters. The van der Waals surface area contributed by atoms with Gasteiger partial charge in [-0.1, -0.05) is 13.3 Å². The highest BCUT2D eigenvalue weighted by atomic mass is 16.5. The first kappa shape index (κ1) is 12.9. The molecule has 0 amide bonds. The summed E-state index contributed by atoms with van der Waals surface area (Å²) in [5.41, 5.74) is 6.55. The van der Waals surface area contributed by atoms with E-state index in [1.54, 1.807) is 7.11 Å². The van der Waals surface area contributed by atoms with Gasteiger partial charge in [0, 0.05) is 32.8 Å². The van der Waals surface area contributed by atoms with Gasteiger partial charge in [-0.25, -0.2) is 0 Å². The lowest BCUT2D eigenvalue weighted by Crippen LogP contribution is -2.43. The molecule has 15 heavy (non-hydrogen) atoms. The Morgan fingerprint density at radius 2 is 2.20 bits per heavy atom. The van der Waals surface area contributed by atoms with E-state index in [4.69, 9.17) is 10.5 Å². The summed E-state index contributed by atoms with van der Waals surface area (Å²) in [6.07, 6.45) is 6.44. The van der Waals surface area contributed by atoms with Gasteiger partial charge in [0.05, 0.1) is 0 Å². The van der Waals surface area contributed by atoms with Crippen molar-refractivity contribution in [3.05, 3.63) is 0 Å². The summed E-state index contributed by atoms with van der Waals surface area (Å²) in [7, 11) is 1.72. The second kappa shape index (κ2) is 6.46. The largest absolute Gasteiger partial charge is 0.385 e. The van der Waals surface area contributed by atoms with Gasteiger partial charge in [0.1, 0.15) is 0 Å². The Labute approximate surface area is 93.8 Å². The maximum absolute atomic E-state index is 5.95. The van der Waals surface area contributed by atoms with Gasteiger partial charge in [-0.3, -0.25) is 0 Å². The first-order chi connectivity index (χ1) is 7.22. The third-order valence-electron chi connectivity index (χ3n) is 3.76. The number of nitrogens with two attached hydrogens (primary N) is 1. The molecule has 1 rings (SSSR count). The second-order valence-electron chi connectivity index (χ2n) is 4.88. The zero-order valence-corrected chi connectivity index (χ0v) is 10.2. The van der Waals surface area contributed by atoms with Gasteiger partial charge in [-0.2, -0.15) is 0 Å². The van der Waals surface area contributed by atoms with E-state index in [1.807, 2.05) is 0 Å². The minimum atomic E-state index is 0.235. The van der Waals surface area contributed by atoms with Crippen LogP contribution in [0.25, 0.3) is 0 Å². The molecule has 0 spiro atoms. The van der Waals surface area contributed by atoms with E-state index in [0.717, 1.165) is 26.1 Å². The summed E-state index contributed by atoms with van der Waals surface area (Å²) < 4.78 is 5.01. The number of nitrogens with one attached hydrogen (secondary N) is 1. The molecule has 3 N–H and O–H groups in total. The van der Waals surface area contributed by atoms with Gasteiger partial charge in [-0.05, 0) is 31.1 Å². The fourth-order valence-electron chi connectivity index (χ4n) is 2.23. The first-order valence-electron chi connectivity index (χ1n) is 6.18. The number of hydrogen-bond acceptors (Lipinski definition) is 3. The highest BCUT2D eigenvalue weighted by Crippen LogP contribution is 2.42. The normalized spacial score (nSPS) is 21.0. The van der Waals surface area contributed by atoms with Crippen LogP contribution in [0.2, 0.25) is 0 Å². The van der Waals surface area contributed by atoms with Gasteiger partial charge < -0.3 is 15.8 Å². The van der Waals surface area contributed by atoms with Crippen LogP contribution in [0.4, 0.5) is 0 Å². The Hall–Kier alpha value is -0.120. The lowest BCUT2D eigenvalue weighted by molar-refractivity contribution is 0.122. The molecule has 0 bridgehead atoms. The van der Waals surface area contributed by atoms with Gasteiger partial charge >= 0.3 is 0 Å². The van der Waals surface area contributed by atoms with Crippen LogP contribution in [-0.2, 0) is 4.74 Å². The monoisotopic (exact) mass is 214 g/mol. The minimum Gasteiger partial charge on any atom is -0.385 e. The molecule has 1 aliphatic rings. The maximum Gasteiger partial charge on any atom is 0.0477 e. The van der Waals surface area contributed by atoms with Crippen molar-refractivity contribution in [2.75, 3.05) is 26.8 Å². The average molecular weight is 214 g/mol. The predicted octanol–water partition coefficient (Wildman–Crippen LogP) is 1.52. The van der Waals surface area contributed by atoms with Crippen molar-refractivity contribution in [2.24, 2.45) is 11.1 Å². The van der Waals surface area contributed by atoms with Gasteiger partial charge in [0.2, 0.25) is 0 Å². The zero-order valence-electron chi connectivity index (χ0n) is 10.2. The van der Waals surface area contributed by atoms with Crippen LogP contribution in [-0.4, -0.2) is 32.8 Å². The van der Waals surface area contributed by atoms with Crippen molar-refractivity contribution in [2.45, 2.75) is 45.1 Å². The smallest absolute Gasteiger partial charge is 0.0477 e. The summed E-state index contributed by atoms with van der Waals surface area (Å²) in [6, 6.07) is 0.235. The number of hydrogen-bond donors (Lipinski definition) is 2. The van der Waals surface area contributed by atoms with Crippen molar-refractivity contribution in [3.8, 4) is 0 Å². The number of ether oxygens (including phenoxy) is 1. The van der Waals surface area contributed by atoms with Crippen LogP contribution in [0.3, 0.4) is 0 Å². The molecule has 1 atom stereocenters. The van der Waals surface area contributed by atoms with Crippen molar-refractivity contribution in [1.29, 1.82) is 0 Å². The molecular formula is C12H26N2O. The molecular weight excluding hydrogens is 188 g/mol. The Bertz CT molecular complexity index is 163. The fourth-order valence-corrected chi connectivity index (χ4v) is 2.23. The molecule has 0 aromatic rings. The standard InChI is InChI=1S/C12H26N2O/c1-3-12(6-4-7-12)10-14-9-11(13)5-8-15-2/h11,14H,3-10,13H2,1-2H3. The van der Waals surface area contributed by atoms with Crippen LogP contribution in [0.5, 0.6) is 0 Å². The second-order valence-corrected chi connectivity index (χ2v) is 4.88. The molecule has 0 aromatic carbocycles. The van der Waals surface area contributed by atoms with Gasteiger partial charge in [-0.15, -0.1) is 0 Å². The Balaban J connectivity index is 2.04. The Morgan fingerprint density at radius 3 is 2.67 bits per heavy atom. The van der Waals surface area contributed by atoms with E-state index in [9.17, 15) is 0 Å². The van der Waals surface area contributed by atoms with E-state index in [-0.39, 0.29) is 6.04 Å². The van der Waals surface area contributed by atoms with E-state index in [2.05, 4.69) is 12.2 Å². The molecule has 3 heteroatoms. The van der Waals surface area contributed by atoms with E-state index >= 15 is 0 Å². The molecule has 3 nitrogen and oxygen atoms in total. The fraction of sp³-hybridized carbons (Fsp3) is 1.00. The van der Waals surface area contributed by atoms with E-state index < -0.39 is 0 Å². The van der Waals surface area contributed by atoms with Crippen molar-refractivity contribution in [1.82, 2.24) is 5.32 Å². The van der Waals surface area contributed by atoms with Crippen molar-refractivity contribution in [3.63, 3.8) is 0 Å². The molecule has 90 valence electrons. The molecule has 1 aliphatic carbocycles. The molecule has 0 radical (unpaired) electrons. The van der Waals surface area contributed by atoms with E-state index in [1.165, 1.54) is 25.7 Å². The molecule has 0 aliphatic heterocycles. The predicted molar refractivity (Wildman–Crippen MR) is 63.9 cm³/mol. The lowest BCUT2D eigenvalue weighted by Gasteiger charge is -2.41. The van der Waals surface area contributed by atoms with Crippen molar-refractivity contribution >= 4 is 0 Å². The van der Waals surface area contributed by atoms with Gasteiger partial charge in [0.15, 0.2) is 0 Å². The molecule has 0 heterocycles. The van der Waals surface area contributed by atoms with Crippen molar-refractivity contribution < 1.29 is 4.74 Å². The molecule has 1 fully saturated rings. The number of rotatable bonds is 8. The maximum atomic E-state index is 5.95. The Morgan fingerprint density at radius 1 is 1.47 bits per heavy atom. The van der Waals surface area contributed by atoms with Crippen LogP contribution in [0.15, 0.2) is 0 Å². The summed E-state index contributed by atoms with van der Waals surface area (Å²) in [4.78, 5) is 0. The highest BCUT2D eigenvalue weighted by Gasteiger charge is 2.34. The minimum absolute atomic E-state index is 0.235. The molecule has 0 saturated heterocycles. The zero-order chi connectivity index (χ0) is 11.1. The molecule has 1 saturated carbocycles. The number of methoxy groups -OCH3 is 1. The van der Waals surface area contributed by atoms with Crippen LogP contribution in [0.1, 0.15) is 39.0 Å². The third kappa shape index (κ3) is 4.09. The topological polar surface area (TPSA) is 47.3 Å². The summed E-state index contributed by atoms with van der Waals surface area (Å²) in [5.74, 6) is 0. The van der Waals surface area contributed by atoms with Crippen LogP contribution < -0.4 is 11.1 Å². The van der Waals surface area contributed by atoms with Crippen LogP contribution in [0, 0.1) is 5.41 Å². The lowest BCUT2D eigenvalue weighted by atomic mass is 9.67. The average Bonchev–Trinajstić information content (AvgIpc) is 2.19. The van der Waals surface area contributed by atoms with Crippen LogP contribution >= 0.6 is 0 Å². The quantitative estimate of drug-likeness (QED) is 0.644. The molecule has 0 aromatic heterocycles. The summed E-state index contributed by atoms with van der Waals surface area (Å²) in [6.45, 7) is 5.13. The third-order valence-corrected chi connectivity index (χ3v) is 3.76. The first-order valence-corrected chi connectivity index (χ1v) is 6.18.